The number of nitrogens with one attached hydrogen (secondary N) is 1. The lowest BCUT2D eigenvalue weighted by molar-refractivity contribution is -0.118. The number of carbonyl (C=O) groups excluding carboxylic acids is 1. The molecule has 0 aliphatic rings. The third-order valence-electron chi connectivity index (χ3n) is 4.37. The Labute approximate surface area is 183 Å². The summed E-state index contributed by atoms with van der Waals surface area (Å²) in [5.41, 5.74) is 3.91. The summed E-state index contributed by atoms with van der Waals surface area (Å²) in [6.45, 7) is 2.51. The number of rotatable bonds is 7. The summed E-state index contributed by atoms with van der Waals surface area (Å²) in [7, 11) is 0. The smallest absolute Gasteiger partial charge is 0.230 e. The van der Waals surface area contributed by atoms with E-state index in [1.807, 2.05) is 67.6 Å². The minimum Gasteiger partial charge on any atom is -0.351 e. The number of carbonyl (C=O) groups is 1. The molecule has 30 heavy (non-hydrogen) atoms. The number of hydrogen-bond acceptors (Lipinski definition) is 6. The molecular weight excluding hydrogens is 412 g/mol. The van der Waals surface area contributed by atoms with Crippen LogP contribution in [0, 0.1) is 6.92 Å². The summed E-state index contributed by atoms with van der Waals surface area (Å²) in [5.74, 6) is 0.277. The Balaban J connectivity index is 1.35. The Bertz CT molecular complexity index is 1110. The highest BCUT2D eigenvalue weighted by molar-refractivity contribution is 7.99. The Kier molecular flexibility index (Phi) is 6.51. The maximum Gasteiger partial charge on any atom is 0.230 e. The van der Waals surface area contributed by atoms with Crippen molar-refractivity contribution >= 4 is 29.0 Å². The SMILES string of the molecule is Cc1nc(-c2ccccc2)sc1-c1ccc(SCC(=O)NCc2ccccc2)nn1. The van der Waals surface area contributed by atoms with Gasteiger partial charge in [-0.3, -0.25) is 4.79 Å². The van der Waals surface area contributed by atoms with Crippen LogP contribution in [0.3, 0.4) is 0 Å². The van der Waals surface area contributed by atoms with Crippen LogP contribution in [-0.4, -0.2) is 26.8 Å². The molecule has 0 aliphatic heterocycles. The van der Waals surface area contributed by atoms with Gasteiger partial charge in [0.2, 0.25) is 5.91 Å². The van der Waals surface area contributed by atoms with Gasteiger partial charge in [-0.15, -0.1) is 21.5 Å². The average Bonchev–Trinajstić information content (AvgIpc) is 3.19. The lowest BCUT2D eigenvalue weighted by Gasteiger charge is -2.05. The molecule has 1 N–H and O–H groups in total. The summed E-state index contributed by atoms with van der Waals surface area (Å²) < 4.78 is 0. The third-order valence-corrected chi connectivity index (χ3v) is 6.52. The van der Waals surface area contributed by atoms with Crippen molar-refractivity contribution in [1.29, 1.82) is 0 Å². The van der Waals surface area contributed by atoms with Gasteiger partial charge in [0.25, 0.3) is 0 Å². The van der Waals surface area contributed by atoms with Crippen LogP contribution in [-0.2, 0) is 11.3 Å². The van der Waals surface area contributed by atoms with Crippen LogP contribution in [0.5, 0.6) is 0 Å². The van der Waals surface area contributed by atoms with Crippen LogP contribution in [0.25, 0.3) is 21.1 Å². The standard InChI is InChI=1S/C23H20N4OS2/c1-16-22(30-23(25-16)18-10-6-3-7-11-18)19-12-13-21(27-26-19)29-15-20(28)24-14-17-8-4-2-5-9-17/h2-13H,14-15H2,1H3,(H,24,28). The van der Waals surface area contributed by atoms with Crippen molar-refractivity contribution in [2.75, 3.05) is 5.75 Å². The van der Waals surface area contributed by atoms with Gasteiger partial charge in [0.1, 0.15) is 15.7 Å². The second kappa shape index (κ2) is 9.65. The Morgan fingerprint density at radius 1 is 0.967 bits per heavy atom. The van der Waals surface area contributed by atoms with Gasteiger partial charge in [0.05, 0.1) is 16.3 Å². The molecule has 4 aromatic rings. The summed E-state index contributed by atoms with van der Waals surface area (Å²) in [6, 6.07) is 23.8. The zero-order valence-electron chi connectivity index (χ0n) is 16.4. The number of thioether (sulfide) groups is 1. The molecule has 0 bridgehead atoms. The second-order valence-electron chi connectivity index (χ2n) is 6.61. The molecule has 150 valence electrons. The number of nitrogens with zero attached hydrogens (tertiary/aromatic N) is 3. The van der Waals surface area contributed by atoms with E-state index >= 15 is 0 Å². The number of aromatic nitrogens is 3. The Hall–Kier alpha value is -3.03. The highest BCUT2D eigenvalue weighted by Crippen LogP contribution is 2.34. The quantitative estimate of drug-likeness (QED) is 0.417. The van der Waals surface area contributed by atoms with E-state index in [0.29, 0.717) is 12.3 Å². The zero-order chi connectivity index (χ0) is 20.8. The molecule has 5 nitrogen and oxygen atoms in total. The maximum absolute atomic E-state index is 12.1. The first-order chi connectivity index (χ1) is 14.7. The predicted octanol–water partition coefficient (Wildman–Crippen LogP) is 4.98. The monoisotopic (exact) mass is 432 g/mol. The topological polar surface area (TPSA) is 67.8 Å². The lowest BCUT2D eigenvalue weighted by atomic mass is 10.2. The van der Waals surface area contributed by atoms with Crippen LogP contribution in [0.15, 0.2) is 77.8 Å². The summed E-state index contributed by atoms with van der Waals surface area (Å²) in [6.07, 6.45) is 0. The molecule has 1 amide bonds. The Morgan fingerprint density at radius 2 is 1.70 bits per heavy atom. The first-order valence-electron chi connectivity index (χ1n) is 9.49. The number of aryl methyl sites for hydroxylation is 1. The number of amides is 1. The van der Waals surface area contributed by atoms with E-state index < -0.39 is 0 Å². The van der Waals surface area contributed by atoms with E-state index in [4.69, 9.17) is 0 Å². The molecule has 0 spiro atoms. The largest absolute Gasteiger partial charge is 0.351 e. The molecule has 0 aliphatic carbocycles. The average molecular weight is 433 g/mol. The van der Waals surface area contributed by atoms with Gasteiger partial charge < -0.3 is 5.32 Å². The van der Waals surface area contributed by atoms with Crippen LogP contribution >= 0.6 is 23.1 Å². The zero-order valence-corrected chi connectivity index (χ0v) is 18.0. The van der Waals surface area contributed by atoms with Gasteiger partial charge in [-0.2, -0.15) is 0 Å². The third kappa shape index (κ3) is 5.11. The fraction of sp³-hybridized carbons (Fsp3) is 0.130. The minimum atomic E-state index is -0.0273. The summed E-state index contributed by atoms with van der Waals surface area (Å²) in [4.78, 5) is 17.8. The molecule has 2 aromatic heterocycles. The predicted molar refractivity (Wildman–Crippen MR) is 122 cm³/mol. The highest BCUT2D eigenvalue weighted by Gasteiger charge is 2.13. The lowest BCUT2D eigenvalue weighted by Crippen LogP contribution is -2.24. The van der Waals surface area contributed by atoms with Crippen molar-refractivity contribution in [2.24, 2.45) is 0 Å². The van der Waals surface area contributed by atoms with E-state index in [1.54, 1.807) is 11.3 Å². The van der Waals surface area contributed by atoms with Crippen molar-refractivity contribution in [3.8, 4) is 21.1 Å². The summed E-state index contributed by atoms with van der Waals surface area (Å²) in [5, 5.41) is 13.2. The number of hydrogen-bond donors (Lipinski definition) is 1. The van der Waals surface area contributed by atoms with Crippen LogP contribution in [0.4, 0.5) is 0 Å². The van der Waals surface area contributed by atoms with Crippen LogP contribution < -0.4 is 5.32 Å². The normalized spacial score (nSPS) is 10.7. The van der Waals surface area contributed by atoms with E-state index in [0.717, 1.165) is 37.4 Å². The molecular formula is C23H20N4OS2. The first kappa shape index (κ1) is 20.3. The van der Waals surface area contributed by atoms with Gasteiger partial charge in [-0.05, 0) is 24.6 Å². The molecule has 7 heteroatoms. The van der Waals surface area contributed by atoms with Crippen molar-refractivity contribution in [2.45, 2.75) is 18.5 Å². The highest BCUT2D eigenvalue weighted by atomic mass is 32.2. The molecule has 0 atom stereocenters. The fourth-order valence-corrected chi connectivity index (χ4v) is 4.52. The first-order valence-corrected chi connectivity index (χ1v) is 11.3. The molecule has 0 fully saturated rings. The summed E-state index contributed by atoms with van der Waals surface area (Å²) >= 11 is 2.99. The molecule has 4 rings (SSSR count). The van der Waals surface area contributed by atoms with E-state index in [2.05, 4.69) is 32.6 Å². The maximum atomic E-state index is 12.1. The molecule has 0 unspecified atom stereocenters. The van der Waals surface area contributed by atoms with Gasteiger partial charge in [-0.1, -0.05) is 72.4 Å². The van der Waals surface area contributed by atoms with Gasteiger partial charge in [0, 0.05) is 12.1 Å². The molecule has 2 aromatic carbocycles. The number of benzene rings is 2. The van der Waals surface area contributed by atoms with Crippen molar-refractivity contribution in [3.05, 3.63) is 84.1 Å². The van der Waals surface area contributed by atoms with Crippen molar-refractivity contribution in [3.63, 3.8) is 0 Å². The van der Waals surface area contributed by atoms with Gasteiger partial charge >= 0.3 is 0 Å². The molecule has 0 saturated carbocycles. The van der Waals surface area contributed by atoms with E-state index in [9.17, 15) is 4.79 Å². The van der Waals surface area contributed by atoms with E-state index in [1.165, 1.54) is 11.8 Å². The van der Waals surface area contributed by atoms with Gasteiger partial charge in [-0.25, -0.2) is 4.98 Å². The number of thiazole rings is 1. The molecule has 0 saturated heterocycles. The van der Waals surface area contributed by atoms with Crippen LogP contribution in [0.1, 0.15) is 11.3 Å². The van der Waals surface area contributed by atoms with Crippen molar-refractivity contribution in [1.82, 2.24) is 20.5 Å². The molecule has 0 radical (unpaired) electrons. The second-order valence-corrected chi connectivity index (χ2v) is 8.60. The van der Waals surface area contributed by atoms with Crippen LogP contribution in [0.2, 0.25) is 0 Å². The van der Waals surface area contributed by atoms with E-state index in [-0.39, 0.29) is 5.91 Å². The Morgan fingerprint density at radius 3 is 2.40 bits per heavy atom. The van der Waals surface area contributed by atoms with Crippen molar-refractivity contribution < 1.29 is 4.79 Å². The molecule has 2 heterocycles. The minimum absolute atomic E-state index is 0.0273. The fourth-order valence-electron chi connectivity index (χ4n) is 2.84. The van der Waals surface area contributed by atoms with Gasteiger partial charge in [0.15, 0.2) is 0 Å².